The molecule has 0 saturated heterocycles. The molecule has 1 heterocycles. The van der Waals surface area contributed by atoms with Gasteiger partial charge in [-0.25, -0.2) is 4.83 Å². The number of nitrogens with one attached hydrogen (secondary N) is 1. The third kappa shape index (κ3) is 3.31. The molecule has 0 spiro atoms. The molecule has 1 aliphatic rings. The van der Waals surface area contributed by atoms with Crippen LogP contribution in [0.4, 0.5) is 13.2 Å². The fourth-order valence-electron chi connectivity index (χ4n) is 0.569. The predicted octanol–water partition coefficient (Wildman–Crippen LogP) is 2.06. The van der Waals surface area contributed by atoms with Crippen LogP contribution in [0.2, 0.25) is 0 Å². The van der Waals surface area contributed by atoms with Crippen LogP contribution in [0.1, 0.15) is 6.42 Å². The van der Waals surface area contributed by atoms with Crippen LogP contribution < -0.4 is 4.83 Å². The van der Waals surface area contributed by atoms with Crippen molar-refractivity contribution in [2.24, 2.45) is 5.10 Å². The zero-order valence-electron chi connectivity index (χ0n) is 5.35. The van der Waals surface area contributed by atoms with E-state index in [1.165, 1.54) is 11.5 Å². The molecule has 0 saturated carbocycles. The van der Waals surface area contributed by atoms with Crippen LogP contribution in [0.5, 0.6) is 0 Å². The highest BCUT2D eigenvalue weighted by Crippen LogP contribution is 2.21. The molecule has 1 aliphatic heterocycles. The quantitative estimate of drug-likeness (QED) is 0.627. The largest absolute Gasteiger partial charge is 0.394 e. The number of hydrogen-bond acceptors (Lipinski definition) is 3. The summed E-state index contributed by atoms with van der Waals surface area (Å²) in [4.78, 5) is 2.38. The first-order chi connectivity index (χ1) is 5.08. The van der Waals surface area contributed by atoms with Gasteiger partial charge in [-0.2, -0.15) is 18.3 Å². The smallest absolute Gasteiger partial charge is 0.247 e. The molecular formula is C5H5F3N2S. The number of hydrogen-bond donors (Lipinski definition) is 1. The van der Waals surface area contributed by atoms with Crippen molar-refractivity contribution in [3.05, 3.63) is 11.5 Å². The van der Waals surface area contributed by atoms with E-state index in [2.05, 4.69) is 9.93 Å². The molecule has 6 heteroatoms. The van der Waals surface area contributed by atoms with Crippen LogP contribution in [0.3, 0.4) is 0 Å². The molecule has 0 bridgehead atoms. The molecule has 0 aromatic rings. The van der Waals surface area contributed by atoms with Gasteiger partial charge in [0.2, 0.25) is 0 Å². The van der Waals surface area contributed by atoms with Crippen molar-refractivity contribution in [1.82, 2.24) is 4.83 Å². The Morgan fingerprint density at radius 1 is 1.55 bits per heavy atom. The van der Waals surface area contributed by atoms with E-state index in [0.29, 0.717) is 0 Å². The number of hydrazone groups is 1. The van der Waals surface area contributed by atoms with Crippen molar-refractivity contribution in [2.75, 3.05) is 0 Å². The Balaban J connectivity index is 2.49. The van der Waals surface area contributed by atoms with Crippen molar-refractivity contribution in [2.45, 2.75) is 12.6 Å². The maximum atomic E-state index is 11.7. The molecule has 11 heavy (non-hydrogen) atoms. The summed E-state index contributed by atoms with van der Waals surface area (Å²) in [5.74, 6) is 0. The Hall–Kier alpha value is -0.650. The molecule has 0 aliphatic carbocycles. The molecule has 0 aromatic carbocycles. The number of allylic oxidation sites excluding steroid dienone is 1. The van der Waals surface area contributed by atoms with Gasteiger partial charge in [-0.1, -0.05) is 0 Å². The van der Waals surface area contributed by atoms with Crippen LogP contribution in [0.25, 0.3) is 0 Å². The highest BCUT2D eigenvalue weighted by Gasteiger charge is 2.29. The lowest BCUT2D eigenvalue weighted by Crippen LogP contribution is -2.16. The van der Waals surface area contributed by atoms with Crippen LogP contribution in [0, 0.1) is 0 Å². The van der Waals surface area contributed by atoms with Gasteiger partial charge >= 0.3 is 6.18 Å². The highest BCUT2D eigenvalue weighted by atomic mass is 32.2. The molecule has 62 valence electrons. The van der Waals surface area contributed by atoms with Gasteiger partial charge in [0, 0.05) is 0 Å². The van der Waals surface area contributed by atoms with Crippen molar-refractivity contribution in [1.29, 1.82) is 0 Å². The Morgan fingerprint density at radius 2 is 2.27 bits per heavy atom. The van der Waals surface area contributed by atoms with Crippen LogP contribution in [-0.4, -0.2) is 11.9 Å². The fourth-order valence-corrected chi connectivity index (χ4v) is 1.03. The Kier molecular flexibility index (Phi) is 2.43. The zero-order valence-corrected chi connectivity index (χ0v) is 6.17. The maximum Gasteiger partial charge on any atom is 0.394 e. The summed E-state index contributed by atoms with van der Waals surface area (Å²) < 4.78 is 35.1. The van der Waals surface area contributed by atoms with Crippen molar-refractivity contribution >= 4 is 17.7 Å². The first kappa shape index (κ1) is 8.45. The lowest BCUT2D eigenvalue weighted by Gasteiger charge is -2.08. The minimum absolute atomic E-state index is 0.0104. The maximum absolute atomic E-state index is 11.7. The minimum Gasteiger partial charge on any atom is -0.247 e. The van der Waals surface area contributed by atoms with E-state index in [1.54, 1.807) is 0 Å². The summed E-state index contributed by atoms with van der Waals surface area (Å²) >= 11 is 1.14. The zero-order chi connectivity index (χ0) is 8.32. The van der Waals surface area contributed by atoms with E-state index in [4.69, 9.17) is 0 Å². The Morgan fingerprint density at radius 3 is 2.73 bits per heavy atom. The van der Waals surface area contributed by atoms with Crippen LogP contribution in [-0.2, 0) is 0 Å². The second-order valence-electron chi connectivity index (χ2n) is 1.91. The topological polar surface area (TPSA) is 24.4 Å². The molecule has 0 aromatic heterocycles. The second kappa shape index (κ2) is 3.17. The van der Waals surface area contributed by atoms with E-state index < -0.39 is 12.6 Å². The van der Waals surface area contributed by atoms with Gasteiger partial charge < -0.3 is 0 Å². The van der Waals surface area contributed by atoms with E-state index in [9.17, 15) is 13.2 Å². The summed E-state index contributed by atoms with van der Waals surface area (Å²) in [6, 6.07) is 0. The summed E-state index contributed by atoms with van der Waals surface area (Å²) in [6.45, 7) is 0. The van der Waals surface area contributed by atoms with E-state index in [-0.39, 0.29) is 5.71 Å². The summed E-state index contributed by atoms with van der Waals surface area (Å²) in [7, 11) is 0. The normalized spacial score (nSPS) is 17.5. The molecule has 0 unspecified atom stereocenters. The third-order valence-electron chi connectivity index (χ3n) is 0.952. The Labute approximate surface area is 65.7 Å². The van der Waals surface area contributed by atoms with Gasteiger partial charge in [0.25, 0.3) is 0 Å². The lowest BCUT2D eigenvalue weighted by atomic mass is 10.2. The van der Waals surface area contributed by atoms with E-state index in [1.807, 2.05) is 0 Å². The van der Waals surface area contributed by atoms with Gasteiger partial charge in [0.1, 0.15) is 0 Å². The number of halogens is 3. The molecule has 1 N–H and O–H groups in total. The summed E-state index contributed by atoms with van der Waals surface area (Å²) in [6.07, 6.45) is -3.81. The number of alkyl halides is 3. The second-order valence-corrected chi connectivity index (χ2v) is 2.60. The molecule has 1 rings (SSSR count). The monoisotopic (exact) mass is 182 g/mol. The SMILES string of the molecule is FC(F)(F)CC1=NNSC=C1. The van der Waals surface area contributed by atoms with Crippen LogP contribution >= 0.6 is 11.9 Å². The van der Waals surface area contributed by atoms with Crippen molar-refractivity contribution < 1.29 is 13.2 Å². The average molecular weight is 182 g/mol. The molecule has 0 atom stereocenters. The summed E-state index contributed by atoms with van der Waals surface area (Å²) in [5, 5.41) is 4.96. The summed E-state index contributed by atoms with van der Waals surface area (Å²) in [5.41, 5.74) is 0.0104. The molecular weight excluding hydrogens is 177 g/mol. The van der Waals surface area contributed by atoms with E-state index >= 15 is 0 Å². The highest BCUT2D eigenvalue weighted by molar-refractivity contribution is 8.00. The first-order valence-electron chi connectivity index (χ1n) is 2.78. The van der Waals surface area contributed by atoms with Gasteiger partial charge in [-0.3, -0.25) is 0 Å². The predicted molar refractivity (Wildman–Crippen MR) is 38.0 cm³/mol. The molecule has 0 amide bonds. The third-order valence-corrected chi connectivity index (χ3v) is 1.42. The van der Waals surface area contributed by atoms with Gasteiger partial charge in [-0.05, 0) is 23.4 Å². The average Bonchev–Trinajstić information content (AvgIpc) is 1.85. The minimum atomic E-state index is -4.17. The molecule has 2 nitrogen and oxygen atoms in total. The Bertz CT molecular complexity index is 196. The van der Waals surface area contributed by atoms with Crippen molar-refractivity contribution in [3.63, 3.8) is 0 Å². The van der Waals surface area contributed by atoms with Crippen molar-refractivity contribution in [3.8, 4) is 0 Å². The van der Waals surface area contributed by atoms with Gasteiger partial charge in [-0.15, -0.1) is 0 Å². The molecule has 0 fully saturated rings. The lowest BCUT2D eigenvalue weighted by molar-refractivity contribution is -0.121. The van der Waals surface area contributed by atoms with E-state index in [0.717, 1.165) is 11.9 Å². The number of rotatable bonds is 1. The first-order valence-corrected chi connectivity index (χ1v) is 3.66. The van der Waals surface area contributed by atoms with Gasteiger partial charge in [0.15, 0.2) is 0 Å². The van der Waals surface area contributed by atoms with Gasteiger partial charge in [0.05, 0.1) is 12.1 Å². The number of nitrogens with zero attached hydrogens (tertiary/aromatic N) is 1. The molecule has 0 radical (unpaired) electrons. The van der Waals surface area contributed by atoms with Crippen LogP contribution in [0.15, 0.2) is 16.6 Å². The fraction of sp³-hybridized carbons (Fsp3) is 0.400. The standard InChI is InChI=1S/C5H5F3N2S/c6-5(7,8)3-4-1-2-11-10-9-4/h1-2,10H,3H2.